The third-order valence-electron chi connectivity index (χ3n) is 8.37. The standard InChI is InChI=1S/C24H26FN7OS/c25-14-8-24(4-1-7-32(24)10-14)13-33-22-29-20-15(3-6-28-20)21(30-22)31-11-23(12-31)5-2-17-18(23)16(9-26)19(27)34-17/h3,6,14H,1-2,4-5,7-8,10-13,27H2,(H,28,29,30)/t14-,24+/m1/s1. The zero-order valence-corrected chi connectivity index (χ0v) is 19.6. The van der Waals surface area contributed by atoms with Crippen molar-refractivity contribution in [1.29, 1.82) is 5.26 Å². The van der Waals surface area contributed by atoms with Gasteiger partial charge in [-0.1, -0.05) is 0 Å². The number of aromatic nitrogens is 3. The molecule has 2 atom stereocenters. The number of nitrogen functional groups attached to an aromatic ring is 1. The number of alkyl halides is 1. The van der Waals surface area contributed by atoms with E-state index in [1.807, 2.05) is 12.3 Å². The van der Waals surface area contributed by atoms with Gasteiger partial charge >= 0.3 is 6.01 Å². The summed E-state index contributed by atoms with van der Waals surface area (Å²) in [5, 5.41) is 11.3. The molecule has 0 aromatic carbocycles. The molecule has 0 unspecified atom stereocenters. The Labute approximate surface area is 200 Å². The maximum atomic E-state index is 14.1. The summed E-state index contributed by atoms with van der Waals surface area (Å²) in [6.07, 6.45) is 5.64. The van der Waals surface area contributed by atoms with Crippen molar-refractivity contribution in [2.45, 2.75) is 49.2 Å². The van der Waals surface area contributed by atoms with Crippen molar-refractivity contribution in [2.75, 3.05) is 43.4 Å². The molecule has 0 saturated carbocycles. The van der Waals surface area contributed by atoms with Crippen molar-refractivity contribution in [1.82, 2.24) is 19.9 Å². The van der Waals surface area contributed by atoms with Gasteiger partial charge in [0.1, 0.15) is 35.3 Å². The Morgan fingerprint density at radius 2 is 2.24 bits per heavy atom. The zero-order chi connectivity index (χ0) is 23.1. The van der Waals surface area contributed by atoms with Gasteiger partial charge in [-0.2, -0.15) is 15.2 Å². The number of halogens is 1. The minimum Gasteiger partial charge on any atom is -0.461 e. The molecule has 1 aliphatic carbocycles. The van der Waals surface area contributed by atoms with E-state index in [-0.39, 0.29) is 11.0 Å². The van der Waals surface area contributed by atoms with E-state index in [1.54, 1.807) is 11.3 Å². The van der Waals surface area contributed by atoms with Crippen LogP contribution in [0.2, 0.25) is 0 Å². The fourth-order valence-corrected chi connectivity index (χ4v) is 7.97. The highest BCUT2D eigenvalue weighted by atomic mass is 32.1. The van der Waals surface area contributed by atoms with Crippen LogP contribution in [0.1, 0.15) is 41.7 Å². The second-order valence-electron chi connectivity index (χ2n) is 10.3. The van der Waals surface area contributed by atoms with E-state index in [9.17, 15) is 9.65 Å². The number of ether oxygens (including phenoxy) is 1. The van der Waals surface area contributed by atoms with E-state index < -0.39 is 6.17 Å². The Morgan fingerprint density at radius 1 is 1.35 bits per heavy atom. The highest BCUT2D eigenvalue weighted by Crippen LogP contribution is 2.52. The molecule has 3 saturated heterocycles. The summed E-state index contributed by atoms with van der Waals surface area (Å²) >= 11 is 1.56. The molecular weight excluding hydrogens is 453 g/mol. The highest BCUT2D eigenvalue weighted by Gasteiger charge is 2.52. The number of thiophene rings is 1. The normalized spacial score (nSPS) is 27.2. The Morgan fingerprint density at radius 3 is 3.09 bits per heavy atom. The van der Waals surface area contributed by atoms with Crippen LogP contribution in [0.25, 0.3) is 11.0 Å². The van der Waals surface area contributed by atoms with Gasteiger partial charge in [0.15, 0.2) is 0 Å². The number of rotatable bonds is 4. The summed E-state index contributed by atoms with van der Waals surface area (Å²) in [4.78, 5) is 18.4. The van der Waals surface area contributed by atoms with E-state index in [0.29, 0.717) is 36.1 Å². The average molecular weight is 480 g/mol. The maximum Gasteiger partial charge on any atom is 0.320 e. The van der Waals surface area contributed by atoms with Crippen LogP contribution in [-0.4, -0.2) is 64.3 Å². The fraction of sp³-hybridized carbons (Fsp3) is 0.542. The van der Waals surface area contributed by atoms with Gasteiger partial charge in [0.25, 0.3) is 0 Å². The van der Waals surface area contributed by atoms with Gasteiger partial charge in [-0.05, 0) is 43.9 Å². The van der Waals surface area contributed by atoms with Crippen LogP contribution in [0.15, 0.2) is 12.3 Å². The molecule has 7 rings (SSSR count). The smallest absolute Gasteiger partial charge is 0.320 e. The van der Waals surface area contributed by atoms with Gasteiger partial charge in [0.2, 0.25) is 0 Å². The number of nitriles is 1. The lowest BCUT2D eigenvalue weighted by atomic mass is 9.74. The summed E-state index contributed by atoms with van der Waals surface area (Å²) < 4.78 is 20.3. The number of anilines is 2. The molecule has 6 heterocycles. The summed E-state index contributed by atoms with van der Waals surface area (Å²) in [5.41, 5.74) is 8.42. The van der Waals surface area contributed by atoms with Crippen LogP contribution in [0.4, 0.5) is 15.2 Å². The zero-order valence-electron chi connectivity index (χ0n) is 18.8. The molecule has 176 valence electrons. The van der Waals surface area contributed by atoms with Crippen LogP contribution >= 0.6 is 11.3 Å². The van der Waals surface area contributed by atoms with Crippen LogP contribution in [0, 0.1) is 11.3 Å². The first-order valence-corrected chi connectivity index (χ1v) is 12.8. The largest absolute Gasteiger partial charge is 0.461 e. The van der Waals surface area contributed by atoms with E-state index in [0.717, 1.165) is 67.7 Å². The highest BCUT2D eigenvalue weighted by molar-refractivity contribution is 7.16. The molecule has 3 N–H and O–H groups in total. The minimum absolute atomic E-state index is 0.0353. The number of nitrogens with one attached hydrogen (secondary N) is 1. The number of nitrogens with zero attached hydrogens (tertiary/aromatic N) is 5. The minimum atomic E-state index is -0.788. The summed E-state index contributed by atoms with van der Waals surface area (Å²) in [6, 6.07) is 4.66. The summed E-state index contributed by atoms with van der Waals surface area (Å²) in [5.74, 6) is 0.845. The molecule has 3 aromatic rings. The molecule has 3 aromatic heterocycles. The first-order chi connectivity index (χ1) is 16.5. The van der Waals surface area contributed by atoms with Crippen LogP contribution in [-0.2, 0) is 11.8 Å². The third-order valence-corrected chi connectivity index (χ3v) is 9.45. The molecule has 1 spiro atoms. The van der Waals surface area contributed by atoms with Gasteiger partial charge in [0.05, 0.1) is 16.5 Å². The molecule has 8 nitrogen and oxygen atoms in total. The number of nitrogens with two attached hydrogens (primary N) is 1. The van der Waals surface area contributed by atoms with E-state index >= 15 is 0 Å². The van der Waals surface area contributed by atoms with E-state index in [1.165, 1.54) is 4.88 Å². The number of H-pyrrole nitrogens is 1. The molecule has 34 heavy (non-hydrogen) atoms. The fourth-order valence-electron chi connectivity index (χ4n) is 6.83. The van der Waals surface area contributed by atoms with E-state index in [4.69, 9.17) is 15.5 Å². The van der Waals surface area contributed by atoms with Gasteiger partial charge in [-0.3, -0.25) is 4.90 Å². The SMILES string of the molecule is N#Cc1c(N)sc2c1C1(CC2)CN(c2nc(OC[C@@]34CCCN3C[C@H](F)C4)nc3[nH]ccc23)C1. The summed E-state index contributed by atoms with van der Waals surface area (Å²) in [7, 11) is 0. The maximum absolute atomic E-state index is 14.1. The van der Waals surface area contributed by atoms with Gasteiger partial charge in [0, 0.05) is 42.5 Å². The predicted octanol–water partition coefficient (Wildman–Crippen LogP) is 3.13. The lowest BCUT2D eigenvalue weighted by Gasteiger charge is -2.49. The van der Waals surface area contributed by atoms with Crippen LogP contribution in [0.3, 0.4) is 0 Å². The van der Waals surface area contributed by atoms with Crippen LogP contribution < -0.4 is 15.4 Å². The summed E-state index contributed by atoms with van der Waals surface area (Å²) in [6.45, 7) is 3.43. The quantitative estimate of drug-likeness (QED) is 0.592. The van der Waals surface area contributed by atoms with Gasteiger partial charge in [-0.15, -0.1) is 11.3 Å². The van der Waals surface area contributed by atoms with Crippen molar-refractivity contribution in [2.24, 2.45) is 0 Å². The Bertz CT molecular complexity index is 1340. The molecular formula is C24H26FN7OS. The van der Waals surface area contributed by atoms with Crippen molar-refractivity contribution in [3.05, 3.63) is 28.3 Å². The Hall–Kier alpha value is -2.90. The van der Waals surface area contributed by atoms with Gasteiger partial charge in [-0.25, -0.2) is 4.39 Å². The lowest BCUT2D eigenvalue weighted by Crippen LogP contribution is -2.59. The molecule has 10 heteroatoms. The van der Waals surface area contributed by atoms with Crippen LogP contribution in [0.5, 0.6) is 6.01 Å². The second kappa shape index (κ2) is 7.06. The topological polar surface area (TPSA) is 107 Å². The molecule has 0 bridgehead atoms. The number of aromatic amines is 1. The van der Waals surface area contributed by atoms with Crippen molar-refractivity contribution >= 4 is 33.2 Å². The first kappa shape index (κ1) is 20.5. The third kappa shape index (κ3) is 2.77. The molecule has 4 aliphatic rings. The monoisotopic (exact) mass is 479 g/mol. The Balaban J connectivity index is 1.16. The molecule has 3 aliphatic heterocycles. The number of hydrogen-bond acceptors (Lipinski definition) is 8. The first-order valence-electron chi connectivity index (χ1n) is 11.9. The van der Waals surface area contributed by atoms with Gasteiger partial charge < -0.3 is 20.4 Å². The Kier molecular flexibility index (Phi) is 4.25. The average Bonchev–Trinajstić information content (AvgIpc) is 3.56. The van der Waals surface area contributed by atoms with Crippen molar-refractivity contribution in [3.63, 3.8) is 0 Å². The predicted molar refractivity (Wildman–Crippen MR) is 128 cm³/mol. The lowest BCUT2D eigenvalue weighted by molar-refractivity contribution is 0.107. The second-order valence-corrected chi connectivity index (χ2v) is 11.5. The molecule has 3 fully saturated rings. The van der Waals surface area contributed by atoms with Crippen molar-refractivity contribution < 1.29 is 9.13 Å². The number of fused-ring (bicyclic) bond motifs is 4. The molecule has 0 radical (unpaired) electrons. The molecule has 0 amide bonds. The number of aryl methyl sites for hydroxylation is 1. The van der Waals surface area contributed by atoms with E-state index in [2.05, 4.69) is 25.8 Å². The number of hydrogen-bond donors (Lipinski definition) is 2. The van der Waals surface area contributed by atoms with Crippen molar-refractivity contribution in [3.8, 4) is 12.1 Å².